The van der Waals surface area contributed by atoms with Crippen molar-refractivity contribution in [3.8, 4) is 0 Å². The van der Waals surface area contributed by atoms with E-state index in [2.05, 4.69) is 65.4 Å². The average Bonchev–Trinajstić information content (AvgIpc) is 1.80. The summed E-state index contributed by atoms with van der Waals surface area (Å²) in [6, 6.07) is -12.9. The van der Waals surface area contributed by atoms with Crippen molar-refractivity contribution in [2.45, 2.75) is 224 Å². The SMILES string of the molecule is CCCCCCCCCCCC(=O)Nc1ccc(C(=O)NC(CC(=O)O)C(=O)NC(C(=O)N2CCCCC2C(=O)NC(C(=O)NC(CC(=O)O)C(=O)NCC(=O)NC(CC(=O)O)C(=O)NC)C(C)C(=O)O)C(C)NC(=O)C2CCCN2C(=O)C(NC(=O)C(NC=O)C(C)NC(=O)CN)C(C)C)cc1. The van der Waals surface area contributed by atoms with Crippen molar-refractivity contribution in [3.05, 3.63) is 29.8 Å². The quantitative estimate of drug-likeness (QED) is 0.0231. The van der Waals surface area contributed by atoms with E-state index in [1.165, 1.54) is 57.4 Å². The van der Waals surface area contributed by atoms with Crippen molar-refractivity contribution in [2.24, 2.45) is 17.6 Å². The summed E-state index contributed by atoms with van der Waals surface area (Å²) in [6.45, 7) is 7.09. The van der Waals surface area contributed by atoms with Gasteiger partial charge in [0.25, 0.3) is 5.91 Å². The van der Waals surface area contributed by atoms with E-state index in [1.807, 2.05) is 5.32 Å². The number of aliphatic carboxylic acids is 4. The number of unbranched alkanes of at least 4 members (excludes halogenated alkanes) is 8. The lowest BCUT2D eigenvalue weighted by Crippen LogP contribution is -2.66. The topological polar surface area (TPSA) is 565 Å². The van der Waals surface area contributed by atoms with Gasteiger partial charge in [0.1, 0.15) is 54.4 Å². The third-order valence-electron chi connectivity index (χ3n) is 17.3. The largest absolute Gasteiger partial charge is 0.481 e. The molecule has 1 aromatic carbocycles. The fourth-order valence-corrected chi connectivity index (χ4v) is 11.6. The van der Waals surface area contributed by atoms with Gasteiger partial charge in [-0.15, -0.1) is 0 Å². The predicted octanol–water partition coefficient (Wildman–Crippen LogP) is -2.81. The Balaban J connectivity index is 2.04. The number of likely N-dealkylation sites (tertiary alicyclic amines) is 2. The van der Waals surface area contributed by atoms with Crippen molar-refractivity contribution in [1.82, 2.24) is 68.3 Å². The molecule has 572 valence electrons. The Bertz CT molecular complexity index is 3190. The molecule has 0 saturated carbocycles. The van der Waals surface area contributed by atoms with Crippen molar-refractivity contribution in [2.75, 3.05) is 38.5 Å². The van der Waals surface area contributed by atoms with E-state index in [1.54, 1.807) is 13.8 Å². The molecule has 0 aliphatic carbocycles. The molecule has 2 heterocycles. The molecule has 0 aromatic heterocycles. The Labute approximate surface area is 595 Å². The Kier molecular flexibility index (Phi) is 37.2. The summed E-state index contributed by atoms with van der Waals surface area (Å²) in [6.07, 6.45) is 7.04. The highest BCUT2D eigenvalue weighted by Crippen LogP contribution is 2.24. The highest BCUT2D eigenvalue weighted by molar-refractivity contribution is 6.03. The molecule has 103 heavy (non-hydrogen) atoms. The number of rotatable bonds is 45. The molecule has 0 spiro atoms. The van der Waals surface area contributed by atoms with Crippen LogP contribution >= 0.6 is 0 Å². The minimum Gasteiger partial charge on any atom is -0.481 e. The molecule has 12 unspecified atom stereocenters. The maximum atomic E-state index is 15.4. The molecule has 2 aliphatic heterocycles. The van der Waals surface area contributed by atoms with Gasteiger partial charge in [0.15, 0.2) is 0 Å². The molecule has 2 aliphatic rings. The summed E-state index contributed by atoms with van der Waals surface area (Å²) >= 11 is 0. The van der Waals surface area contributed by atoms with Crippen LogP contribution < -0.4 is 69.5 Å². The van der Waals surface area contributed by atoms with Crippen LogP contribution in [-0.2, 0) is 81.5 Å². The molecule has 0 bridgehead atoms. The number of nitrogens with two attached hydrogens (primary N) is 1. The van der Waals surface area contributed by atoms with Crippen LogP contribution in [0.5, 0.6) is 0 Å². The third kappa shape index (κ3) is 28.9. The highest BCUT2D eigenvalue weighted by atomic mass is 16.4. The van der Waals surface area contributed by atoms with Crippen LogP contribution in [0.3, 0.4) is 0 Å². The number of likely N-dealkylation sites (N-methyl/N-ethyl adjacent to an activating group) is 1. The summed E-state index contributed by atoms with van der Waals surface area (Å²) in [7, 11) is 1.15. The number of nitrogens with one attached hydrogen (secondary N) is 12. The van der Waals surface area contributed by atoms with Crippen molar-refractivity contribution < 1.29 is 107 Å². The lowest BCUT2D eigenvalue weighted by atomic mass is 9.96. The number of amides is 14. The zero-order valence-electron chi connectivity index (χ0n) is 59.1. The van der Waals surface area contributed by atoms with E-state index in [0.29, 0.717) is 12.1 Å². The minimum atomic E-state index is -2.18. The monoisotopic (exact) mass is 1460 g/mol. The van der Waals surface area contributed by atoms with Gasteiger partial charge >= 0.3 is 23.9 Å². The number of piperidine rings is 1. The van der Waals surface area contributed by atoms with Crippen LogP contribution in [0.15, 0.2) is 24.3 Å². The standard InChI is InChI=1S/C66H101N15O22/c1-8-9-10-11-12-13-14-15-16-22-46(83)73-40-25-23-39(24-26-40)56(92)75-43(31-51(90)91)59(95)79-55(38(6)72-60(96)45-21-19-28-81(45)64(100)52(35(2)3)77-63(99)54(70-34-82)37(5)71-47(84)32-67)65(101)80-27-18-17-20-44(80)61(97)78-53(36(4)66(102)103)62(98)76-42(30-50(88)89)58(94)69-33-48(85)74-41(29-49(86)87)57(93)68-7/h23-26,34-38,41-45,52-55H,8-22,27-33,67H2,1-7H3,(H,68,93)(H,69,94)(H,70,82)(H,71,84)(H,72,96)(H,73,83)(H,74,85)(H,75,92)(H,76,98)(H,77,99)(H,78,97)(H,79,95)(H,86,87)(H,88,89)(H,90,91)(H,102,103). The first kappa shape index (κ1) is 86.9. The Morgan fingerprint density at radius 2 is 1.01 bits per heavy atom. The molecule has 14 amide bonds. The van der Waals surface area contributed by atoms with Crippen LogP contribution in [0.25, 0.3) is 0 Å². The summed E-state index contributed by atoms with van der Waals surface area (Å²) < 4.78 is 0. The van der Waals surface area contributed by atoms with E-state index >= 15 is 4.79 Å². The summed E-state index contributed by atoms with van der Waals surface area (Å²) in [5.74, 6) is -22.2. The zero-order valence-corrected chi connectivity index (χ0v) is 59.1. The fourth-order valence-electron chi connectivity index (χ4n) is 11.6. The van der Waals surface area contributed by atoms with E-state index in [9.17, 15) is 102 Å². The van der Waals surface area contributed by atoms with Gasteiger partial charge in [-0.3, -0.25) is 86.3 Å². The maximum Gasteiger partial charge on any atom is 0.308 e. The first-order valence-electron chi connectivity index (χ1n) is 34.4. The Hall–Kier alpha value is -10.4. The Morgan fingerprint density at radius 3 is 1.54 bits per heavy atom. The summed E-state index contributed by atoms with van der Waals surface area (Å²) in [5.41, 5.74) is 5.64. The normalized spacial score (nSPS) is 17.0. The first-order chi connectivity index (χ1) is 48.7. The van der Waals surface area contributed by atoms with E-state index in [0.717, 1.165) is 55.9 Å². The lowest BCUT2D eigenvalue weighted by molar-refractivity contribution is -0.150. The number of carbonyl (C=O) groups excluding carboxylic acids is 14. The van der Waals surface area contributed by atoms with Crippen molar-refractivity contribution >= 4 is 113 Å². The van der Waals surface area contributed by atoms with Crippen molar-refractivity contribution in [1.29, 1.82) is 0 Å². The van der Waals surface area contributed by atoms with Gasteiger partial charge in [0.05, 0.1) is 50.4 Å². The molecule has 0 radical (unpaired) electrons. The lowest BCUT2D eigenvalue weighted by Gasteiger charge is -2.39. The molecule has 3 rings (SSSR count). The number of hydrogen-bond donors (Lipinski definition) is 17. The van der Waals surface area contributed by atoms with Crippen LogP contribution in [0.2, 0.25) is 0 Å². The second-order valence-electron chi connectivity index (χ2n) is 25.7. The molecule has 2 saturated heterocycles. The molecule has 37 nitrogen and oxygen atoms in total. The van der Waals surface area contributed by atoms with Crippen LogP contribution in [0.1, 0.15) is 167 Å². The van der Waals surface area contributed by atoms with Crippen molar-refractivity contribution in [3.63, 3.8) is 0 Å². The Morgan fingerprint density at radius 1 is 0.515 bits per heavy atom. The summed E-state index contributed by atoms with van der Waals surface area (Å²) in [4.78, 5) is 241. The number of hydrogen-bond acceptors (Lipinski definition) is 19. The minimum absolute atomic E-state index is 0.00134. The molecular formula is C66H101N15O22. The number of carboxylic acids is 4. The van der Waals surface area contributed by atoms with Gasteiger partial charge in [-0.2, -0.15) is 0 Å². The van der Waals surface area contributed by atoms with Gasteiger partial charge < -0.3 is 99.8 Å². The fraction of sp³-hybridized carbons (Fsp3) is 0.636. The van der Waals surface area contributed by atoms with Gasteiger partial charge in [-0.1, -0.05) is 72.1 Å². The second kappa shape index (κ2) is 44.1. The van der Waals surface area contributed by atoms with Crippen LogP contribution in [-0.4, -0.2) is 237 Å². The first-order valence-corrected chi connectivity index (χ1v) is 34.4. The number of benzene rings is 1. The molecule has 12 atom stereocenters. The number of carbonyl (C=O) groups is 18. The zero-order chi connectivity index (χ0) is 77.2. The highest BCUT2D eigenvalue weighted by Gasteiger charge is 2.45. The second-order valence-corrected chi connectivity index (χ2v) is 25.7. The average molecular weight is 1460 g/mol. The molecule has 18 N–H and O–H groups in total. The third-order valence-corrected chi connectivity index (χ3v) is 17.3. The smallest absolute Gasteiger partial charge is 0.308 e. The summed E-state index contributed by atoms with van der Waals surface area (Å²) in [5, 5.41) is 67.3. The van der Waals surface area contributed by atoms with Crippen LogP contribution in [0.4, 0.5) is 5.69 Å². The van der Waals surface area contributed by atoms with Gasteiger partial charge in [0, 0.05) is 37.8 Å². The molecular weight excluding hydrogens is 1350 g/mol. The van der Waals surface area contributed by atoms with E-state index in [4.69, 9.17) is 5.73 Å². The number of nitrogens with zero attached hydrogens (tertiary/aromatic N) is 2. The molecule has 2 fully saturated rings. The molecule has 37 heteroatoms. The van der Waals surface area contributed by atoms with Gasteiger partial charge in [-0.05, 0) is 89.5 Å². The maximum absolute atomic E-state index is 15.4. The van der Waals surface area contributed by atoms with Crippen LogP contribution in [0, 0.1) is 11.8 Å². The number of anilines is 1. The number of carboxylic acid groups (broad SMARTS) is 4. The van der Waals surface area contributed by atoms with Gasteiger partial charge in [-0.25, -0.2) is 0 Å². The van der Waals surface area contributed by atoms with E-state index < -0.39 is 205 Å². The predicted molar refractivity (Wildman–Crippen MR) is 365 cm³/mol. The molecule has 1 aromatic rings. The van der Waals surface area contributed by atoms with Gasteiger partial charge in [0.2, 0.25) is 77.3 Å². The van der Waals surface area contributed by atoms with E-state index in [-0.39, 0.29) is 69.5 Å².